The SMILES string of the molecule is CC(C)(Br)c1cc(S(C)(=O)=O)ccc1C(=O)c1ccc(S(C)(=O)=O)cc1C(C)(C)Br. The first-order valence-corrected chi connectivity index (χ1v) is 14.3. The summed E-state index contributed by atoms with van der Waals surface area (Å²) >= 11 is 7.08. The van der Waals surface area contributed by atoms with Crippen LogP contribution < -0.4 is 0 Å². The summed E-state index contributed by atoms with van der Waals surface area (Å²) in [5.41, 5.74) is 1.74. The van der Waals surface area contributed by atoms with E-state index in [0.717, 1.165) is 12.5 Å². The number of ketones is 1. The molecule has 5 nitrogen and oxygen atoms in total. The Morgan fingerprint density at radius 2 is 1.00 bits per heavy atom. The van der Waals surface area contributed by atoms with Gasteiger partial charge in [-0.25, -0.2) is 16.8 Å². The van der Waals surface area contributed by atoms with Crippen LogP contribution in [0.15, 0.2) is 46.2 Å². The fourth-order valence-electron chi connectivity index (χ4n) is 3.03. The number of benzene rings is 2. The topological polar surface area (TPSA) is 85.3 Å². The predicted molar refractivity (Wildman–Crippen MR) is 126 cm³/mol. The van der Waals surface area contributed by atoms with E-state index in [1.165, 1.54) is 36.4 Å². The van der Waals surface area contributed by atoms with Gasteiger partial charge in [-0.2, -0.15) is 0 Å². The second kappa shape index (κ2) is 8.15. The highest BCUT2D eigenvalue weighted by Gasteiger charge is 2.30. The van der Waals surface area contributed by atoms with Crippen molar-refractivity contribution < 1.29 is 21.6 Å². The Morgan fingerprint density at radius 3 is 1.23 bits per heavy atom. The standard InChI is InChI=1S/C21H24Br2O5S2/c1-20(2,22)17-11-13(29(5,25)26)7-9-15(17)19(24)16-10-8-14(30(6,27)28)12-18(16)21(3,4)23/h7-12H,1-6H3. The highest BCUT2D eigenvalue weighted by molar-refractivity contribution is 9.09. The van der Waals surface area contributed by atoms with Gasteiger partial charge in [0.05, 0.1) is 9.79 Å². The number of carbonyl (C=O) groups is 1. The van der Waals surface area contributed by atoms with Gasteiger partial charge in [0, 0.05) is 32.3 Å². The first kappa shape index (κ1) is 25.2. The molecule has 0 atom stereocenters. The molecule has 0 heterocycles. The minimum Gasteiger partial charge on any atom is -0.289 e. The lowest BCUT2D eigenvalue weighted by molar-refractivity contribution is 0.103. The van der Waals surface area contributed by atoms with Gasteiger partial charge in [0.1, 0.15) is 0 Å². The monoisotopic (exact) mass is 578 g/mol. The molecule has 164 valence electrons. The van der Waals surface area contributed by atoms with Gasteiger partial charge in [-0.15, -0.1) is 0 Å². The van der Waals surface area contributed by atoms with Crippen molar-refractivity contribution in [2.24, 2.45) is 0 Å². The van der Waals surface area contributed by atoms with Gasteiger partial charge < -0.3 is 0 Å². The molecule has 30 heavy (non-hydrogen) atoms. The normalized spacial score (nSPS) is 13.3. The van der Waals surface area contributed by atoms with Gasteiger partial charge in [-0.3, -0.25) is 4.79 Å². The number of halogens is 2. The van der Waals surface area contributed by atoms with Crippen LogP contribution in [0.1, 0.15) is 54.7 Å². The molecule has 0 aromatic heterocycles. The van der Waals surface area contributed by atoms with Crippen LogP contribution in [0.25, 0.3) is 0 Å². The molecule has 0 unspecified atom stereocenters. The molecule has 0 fully saturated rings. The second-order valence-corrected chi connectivity index (χ2v) is 16.2. The van der Waals surface area contributed by atoms with Gasteiger partial charge in [-0.1, -0.05) is 31.9 Å². The lowest BCUT2D eigenvalue weighted by atomic mass is 9.88. The fraction of sp³-hybridized carbons (Fsp3) is 0.381. The average Bonchev–Trinajstić information content (AvgIpc) is 2.57. The third kappa shape index (κ3) is 5.60. The van der Waals surface area contributed by atoms with Crippen molar-refractivity contribution in [1.29, 1.82) is 0 Å². The van der Waals surface area contributed by atoms with Gasteiger partial charge in [0.25, 0.3) is 0 Å². The molecular weight excluding hydrogens is 556 g/mol. The van der Waals surface area contributed by atoms with Gasteiger partial charge in [-0.05, 0) is 75.2 Å². The Bertz CT molecular complexity index is 1120. The van der Waals surface area contributed by atoms with Crippen molar-refractivity contribution in [1.82, 2.24) is 0 Å². The van der Waals surface area contributed by atoms with E-state index in [1.54, 1.807) is 0 Å². The van der Waals surface area contributed by atoms with E-state index in [2.05, 4.69) is 31.9 Å². The Hall–Kier alpha value is -1.03. The van der Waals surface area contributed by atoms with Crippen molar-refractivity contribution in [2.75, 3.05) is 12.5 Å². The Labute approximate surface area is 195 Å². The van der Waals surface area contributed by atoms with Crippen LogP contribution in [0, 0.1) is 0 Å². The molecule has 2 aromatic carbocycles. The summed E-state index contributed by atoms with van der Waals surface area (Å²) < 4.78 is 46.7. The third-order valence-corrected chi connectivity index (χ3v) is 7.68. The molecule has 0 aliphatic heterocycles. The van der Waals surface area contributed by atoms with Crippen molar-refractivity contribution >= 4 is 57.3 Å². The number of carbonyl (C=O) groups excluding carboxylic acids is 1. The first-order chi connectivity index (χ1) is 13.3. The summed E-state index contributed by atoms with van der Waals surface area (Å²) in [5.74, 6) is -0.319. The molecule has 0 N–H and O–H groups in total. The Balaban J connectivity index is 2.81. The summed E-state index contributed by atoms with van der Waals surface area (Å²) in [6.45, 7) is 7.31. The summed E-state index contributed by atoms with van der Waals surface area (Å²) in [7, 11) is -6.90. The molecule has 0 aliphatic rings. The minimum atomic E-state index is -3.45. The quantitative estimate of drug-likeness (QED) is 0.356. The third-order valence-electron chi connectivity index (χ3n) is 4.61. The molecule has 9 heteroatoms. The van der Waals surface area contributed by atoms with E-state index in [1.807, 2.05) is 27.7 Å². The summed E-state index contributed by atoms with van der Waals surface area (Å²) in [6, 6.07) is 8.84. The zero-order valence-electron chi connectivity index (χ0n) is 17.6. The number of hydrogen-bond acceptors (Lipinski definition) is 5. The molecule has 0 amide bonds. The maximum atomic E-state index is 13.6. The van der Waals surface area contributed by atoms with Crippen LogP contribution in [0.5, 0.6) is 0 Å². The van der Waals surface area contributed by atoms with Crippen molar-refractivity contribution in [3.05, 3.63) is 58.7 Å². The van der Waals surface area contributed by atoms with Crippen LogP contribution in [-0.2, 0) is 28.3 Å². The lowest BCUT2D eigenvalue weighted by Gasteiger charge is -2.24. The van der Waals surface area contributed by atoms with E-state index in [9.17, 15) is 21.6 Å². The number of sulfone groups is 2. The lowest BCUT2D eigenvalue weighted by Crippen LogP contribution is -2.20. The summed E-state index contributed by atoms with van der Waals surface area (Å²) in [5, 5.41) is 0. The van der Waals surface area contributed by atoms with Crippen molar-refractivity contribution in [3.63, 3.8) is 0 Å². The van der Waals surface area contributed by atoms with Crippen LogP contribution >= 0.6 is 31.9 Å². The van der Waals surface area contributed by atoms with Crippen LogP contribution in [0.4, 0.5) is 0 Å². The van der Waals surface area contributed by atoms with Crippen LogP contribution in [-0.4, -0.2) is 35.1 Å². The Kier molecular flexibility index (Phi) is 6.85. The number of rotatable bonds is 6. The molecule has 0 bridgehead atoms. The van der Waals surface area contributed by atoms with Gasteiger partial charge >= 0.3 is 0 Å². The fourth-order valence-corrected chi connectivity index (χ4v) is 4.98. The summed E-state index contributed by atoms with van der Waals surface area (Å²) in [4.78, 5) is 13.8. The zero-order valence-corrected chi connectivity index (χ0v) is 22.4. The summed E-state index contributed by atoms with van der Waals surface area (Å²) in [6.07, 6.45) is 2.23. The molecule has 2 rings (SSSR count). The molecule has 0 radical (unpaired) electrons. The molecule has 2 aromatic rings. The number of alkyl halides is 2. The van der Waals surface area contributed by atoms with E-state index >= 15 is 0 Å². The van der Waals surface area contributed by atoms with E-state index in [4.69, 9.17) is 0 Å². The Morgan fingerprint density at radius 1 is 0.700 bits per heavy atom. The molecule has 0 aliphatic carbocycles. The molecular formula is C21H24Br2O5S2. The van der Waals surface area contributed by atoms with E-state index < -0.39 is 28.3 Å². The second-order valence-electron chi connectivity index (χ2n) is 8.23. The maximum Gasteiger partial charge on any atom is 0.193 e. The predicted octanol–water partition coefficient (Wildman–Crippen LogP) is 4.98. The van der Waals surface area contributed by atoms with Crippen molar-refractivity contribution in [3.8, 4) is 0 Å². The molecule has 0 spiro atoms. The van der Waals surface area contributed by atoms with Gasteiger partial charge in [0.2, 0.25) is 0 Å². The minimum absolute atomic E-state index is 0.120. The van der Waals surface area contributed by atoms with Crippen molar-refractivity contribution in [2.45, 2.75) is 46.1 Å². The largest absolute Gasteiger partial charge is 0.289 e. The number of hydrogen-bond donors (Lipinski definition) is 0. The van der Waals surface area contributed by atoms with Gasteiger partial charge in [0.15, 0.2) is 25.5 Å². The molecule has 0 saturated heterocycles. The maximum absolute atomic E-state index is 13.6. The van der Waals surface area contributed by atoms with Crippen LogP contribution in [0.2, 0.25) is 0 Å². The smallest absolute Gasteiger partial charge is 0.193 e. The molecule has 0 saturated carbocycles. The average molecular weight is 580 g/mol. The zero-order chi connectivity index (χ0) is 23.3. The van der Waals surface area contributed by atoms with Crippen LogP contribution in [0.3, 0.4) is 0 Å². The van der Waals surface area contributed by atoms with E-state index in [-0.39, 0.29) is 15.6 Å². The highest BCUT2D eigenvalue weighted by Crippen LogP contribution is 2.38. The first-order valence-electron chi connectivity index (χ1n) is 8.95. The van der Waals surface area contributed by atoms with E-state index in [0.29, 0.717) is 22.3 Å². The highest BCUT2D eigenvalue weighted by atomic mass is 79.9.